The fourth-order valence-electron chi connectivity index (χ4n) is 2.45. The number of aryl methyl sites for hydroxylation is 2. The number of nitrogens with zero attached hydrogens (tertiary/aromatic N) is 3. The maximum absolute atomic E-state index is 12.3. The minimum absolute atomic E-state index is 0.118. The van der Waals surface area contributed by atoms with Crippen LogP contribution >= 0.6 is 0 Å². The Morgan fingerprint density at radius 1 is 1.18 bits per heavy atom. The zero-order chi connectivity index (χ0) is 16.1. The van der Waals surface area contributed by atoms with E-state index in [1.54, 1.807) is 10.9 Å². The second-order valence-electron chi connectivity index (χ2n) is 5.16. The van der Waals surface area contributed by atoms with Gasteiger partial charge in [-0.3, -0.25) is 9.48 Å². The van der Waals surface area contributed by atoms with Crippen LogP contribution in [0.2, 0.25) is 0 Å². The van der Waals surface area contributed by atoms with E-state index < -0.39 is 0 Å². The molecule has 0 aliphatic heterocycles. The summed E-state index contributed by atoms with van der Waals surface area (Å²) in [5.74, 6) is -0.118. The Morgan fingerprint density at radius 2 is 1.82 bits per heavy atom. The number of anilines is 2. The number of rotatable bonds is 6. The standard InChI is InChI=1S/C17H24N4O/c1-5-20(6-2)15-10-8-14(9-11-15)18-17(22)16-12-21(7-3)19-13(16)4/h8-12H,5-7H2,1-4H3,(H,18,22). The van der Waals surface area contributed by atoms with Gasteiger partial charge in [0.25, 0.3) is 5.91 Å². The van der Waals surface area contributed by atoms with E-state index in [9.17, 15) is 4.79 Å². The molecule has 0 atom stereocenters. The van der Waals surface area contributed by atoms with Crippen molar-refractivity contribution in [2.75, 3.05) is 23.3 Å². The molecule has 22 heavy (non-hydrogen) atoms. The third kappa shape index (κ3) is 3.47. The molecule has 1 amide bonds. The van der Waals surface area contributed by atoms with Crippen molar-refractivity contribution in [3.63, 3.8) is 0 Å². The molecule has 5 nitrogen and oxygen atoms in total. The van der Waals surface area contributed by atoms with Crippen molar-refractivity contribution in [1.82, 2.24) is 9.78 Å². The Labute approximate surface area is 131 Å². The molecule has 0 bridgehead atoms. The van der Waals surface area contributed by atoms with Gasteiger partial charge in [0.15, 0.2) is 0 Å². The van der Waals surface area contributed by atoms with E-state index in [1.165, 1.54) is 0 Å². The zero-order valence-corrected chi connectivity index (χ0v) is 13.8. The van der Waals surface area contributed by atoms with Crippen LogP contribution in [-0.4, -0.2) is 28.8 Å². The van der Waals surface area contributed by atoms with Crippen molar-refractivity contribution in [3.05, 3.63) is 41.7 Å². The molecule has 2 aromatic rings. The van der Waals surface area contributed by atoms with E-state index in [0.29, 0.717) is 5.56 Å². The molecule has 0 radical (unpaired) electrons. The van der Waals surface area contributed by atoms with E-state index in [-0.39, 0.29) is 5.91 Å². The first-order valence-electron chi connectivity index (χ1n) is 7.79. The van der Waals surface area contributed by atoms with E-state index in [2.05, 4.69) is 29.2 Å². The van der Waals surface area contributed by atoms with Crippen LogP contribution in [0.1, 0.15) is 36.8 Å². The lowest BCUT2D eigenvalue weighted by Gasteiger charge is -2.21. The summed E-state index contributed by atoms with van der Waals surface area (Å²) in [5.41, 5.74) is 3.33. The van der Waals surface area contributed by atoms with Gasteiger partial charge in [-0.1, -0.05) is 0 Å². The maximum Gasteiger partial charge on any atom is 0.259 e. The monoisotopic (exact) mass is 300 g/mol. The minimum Gasteiger partial charge on any atom is -0.372 e. The fourth-order valence-corrected chi connectivity index (χ4v) is 2.45. The van der Waals surface area contributed by atoms with Crippen LogP contribution < -0.4 is 10.2 Å². The Morgan fingerprint density at radius 3 is 2.32 bits per heavy atom. The van der Waals surface area contributed by atoms with Gasteiger partial charge in [-0.2, -0.15) is 5.10 Å². The van der Waals surface area contributed by atoms with Gasteiger partial charge in [-0.15, -0.1) is 0 Å². The Hall–Kier alpha value is -2.30. The molecule has 1 aromatic heterocycles. The number of amides is 1. The molecular weight excluding hydrogens is 276 g/mol. The van der Waals surface area contributed by atoms with E-state index in [0.717, 1.165) is 36.7 Å². The molecule has 1 heterocycles. The third-order valence-corrected chi connectivity index (χ3v) is 3.77. The van der Waals surface area contributed by atoms with Crippen LogP contribution in [0.5, 0.6) is 0 Å². The Balaban J connectivity index is 2.10. The first kappa shape index (κ1) is 16.1. The van der Waals surface area contributed by atoms with Gasteiger partial charge in [0, 0.05) is 37.2 Å². The number of carbonyl (C=O) groups excluding carboxylic acids is 1. The van der Waals surface area contributed by atoms with Gasteiger partial charge in [-0.05, 0) is 52.0 Å². The lowest BCUT2D eigenvalue weighted by Crippen LogP contribution is -2.21. The van der Waals surface area contributed by atoms with Crippen molar-refractivity contribution in [2.45, 2.75) is 34.2 Å². The average molecular weight is 300 g/mol. The van der Waals surface area contributed by atoms with Gasteiger partial charge in [0.2, 0.25) is 0 Å². The number of carbonyl (C=O) groups is 1. The highest BCUT2D eigenvalue weighted by Gasteiger charge is 2.13. The largest absolute Gasteiger partial charge is 0.372 e. The molecular formula is C17H24N4O. The van der Waals surface area contributed by atoms with E-state index >= 15 is 0 Å². The third-order valence-electron chi connectivity index (χ3n) is 3.77. The minimum atomic E-state index is -0.118. The highest BCUT2D eigenvalue weighted by atomic mass is 16.1. The van der Waals surface area contributed by atoms with Crippen LogP contribution in [-0.2, 0) is 6.54 Å². The Bertz CT molecular complexity index is 627. The second-order valence-corrected chi connectivity index (χ2v) is 5.16. The smallest absolute Gasteiger partial charge is 0.259 e. The van der Waals surface area contributed by atoms with Gasteiger partial charge in [-0.25, -0.2) is 0 Å². The van der Waals surface area contributed by atoms with E-state index in [1.807, 2.05) is 38.1 Å². The van der Waals surface area contributed by atoms with E-state index in [4.69, 9.17) is 0 Å². The van der Waals surface area contributed by atoms with Crippen LogP contribution in [0.25, 0.3) is 0 Å². The number of hydrogen-bond donors (Lipinski definition) is 1. The molecule has 118 valence electrons. The highest BCUT2D eigenvalue weighted by molar-refractivity contribution is 6.04. The second kappa shape index (κ2) is 7.11. The van der Waals surface area contributed by atoms with Crippen molar-refractivity contribution in [1.29, 1.82) is 0 Å². The van der Waals surface area contributed by atoms with Gasteiger partial charge in [0.05, 0.1) is 11.3 Å². The summed E-state index contributed by atoms with van der Waals surface area (Å²) in [4.78, 5) is 14.6. The van der Waals surface area contributed by atoms with Gasteiger partial charge in [0.1, 0.15) is 0 Å². The van der Waals surface area contributed by atoms with Gasteiger partial charge >= 0.3 is 0 Å². The molecule has 5 heteroatoms. The zero-order valence-electron chi connectivity index (χ0n) is 13.8. The van der Waals surface area contributed by atoms with Gasteiger partial charge < -0.3 is 10.2 Å². The lowest BCUT2D eigenvalue weighted by molar-refractivity contribution is 0.102. The van der Waals surface area contributed by atoms with Crippen LogP contribution in [0.3, 0.4) is 0 Å². The summed E-state index contributed by atoms with van der Waals surface area (Å²) in [6.45, 7) is 10.8. The van der Waals surface area contributed by atoms with Crippen molar-refractivity contribution < 1.29 is 4.79 Å². The molecule has 0 unspecified atom stereocenters. The first-order chi connectivity index (χ1) is 10.6. The molecule has 1 N–H and O–H groups in total. The quantitative estimate of drug-likeness (QED) is 0.890. The lowest BCUT2D eigenvalue weighted by atomic mass is 10.2. The summed E-state index contributed by atoms with van der Waals surface area (Å²) < 4.78 is 1.77. The average Bonchev–Trinajstić information content (AvgIpc) is 2.91. The SMILES string of the molecule is CCN(CC)c1ccc(NC(=O)c2cn(CC)nc2C)cc1. The van der Waals surface area contributed by atoms with Crippen molar-refractivity contribution >= 4 is 17.3 Å². The molecule has 0 aliphatic rings. The molecule has 1 aromatic carbocycles. The predicted molar refractivity (Wildman–Crippen MR) is 90.6 cm³/mol. The molecule has 0 saturated carbocycles. The fraction of sp³-hybridized carbons (Fsp3) is 0.412. The first-order valence-corrected chi connectivity index (χ1v) is 7.79. The summed E-state index contributed by atoms with van der Waals surface area (Å²) in [6, 6.07) is 7.94. The van der Waals surface area contributed by atoms with Crippen LogP contribution in [0.15, 0.2) is 30.5 Å². The molecule has 0 spiro atoms. The number of benzene rings is 1. The predicted octanol–water partition coefficient (Wildman–Crippen LogP) is 3.31. The van der Waals surface area contributed by atoms with Crippen LogP contribution in [0, 0.1) is 6.92 Å². The number of hydrogen-bond acceptors (Lipinski definition) is 3. The summed E-state index contributed by atoms with van der Waals surface area (Å²) >= 11 is 0. The molecule has 2 rings (SSSR count). The summed E-state index contributed by atoms with van der Waals surface area (Å²) in [5, 5.41) is 7.23. The molecule has 0 aliphatic carbocycles. The van der Waals surface area contributed by atoms with Crippen molar-refractivity contribution in [2.24, 2.45) is 0 Å². The van der Waals surface area contributed by atoms with Crippen LogP contribution in [0.4, 0.5) is 11.4 Å². The topological polar surface area (TPSA) is 50.2 Å². The number of aromatic nitrogens is 2. The Kier molecular flexibility index (Phi) is 5.20. The highest BCUT2D eigenvalue weighted by Crippen LogP contribution is 2.18. The summed E-state index contributed by atoms with van der Waals surface area (Å²) in [6.07, 6.45) is 1.79. The summed E-state index contributed by atoms with van der Waals surface area (Å²) in [7, 11) is 0. The number of nitrogens with one attached hydrogen (secondary N) is 1. The molecule has 0 fully saturated rings. The molecule has 0 saturated heterocycles. The van der Waals surface area contributed by atoms with Crippen molar-refractivity contribution in [3.8, 4) is 0 Å². The normalized spacial score (nSPS) is 10.5. The maximum atomic E-state index is 12.3.